The van der Waals surface area contributed by atoms with E-state index in [2.05, 4.69) is 30.6 Å². The number of aromatic nitrogens is 7. The van der Waals surface area contributed by atoms with E-state index in [0.29, 0.717) is 14.8 Å². The summed E-state index contributed by atoms with van der Waals surface area (Å²) in [5, 5.41) is 25.2. The zero-order valence-corrected chi connectivity index (χ0v) is 18.6. The third kappa shape index (κ3) is 3.96. The molecule has 1 amide bonds. The Balaban J connectivity index is 1.53. The lowest BCUT2D eigenvalue weighted by molar-refractivity contribution is -0.143. The van der Waals surface area contributed by atoms with Crippen LogP contribution in [0.1, 0.15) is 21.7 Å². The number of hydrogen-bond donors (Lipinski definition) is 1. The summed E-state index contributed by atoms with van der Waals surface area (Å²) in [6, 6.07) is 4.77. The first-order chi connectivity index (χ1) is 16.8. The summed E-state index contributed by atoms with van der Waals surface area (Å²) in [4.78, 5) is 22.0. The number of alkyl halides is 3. The van der Waals surface area contributed by atoms with Crippen molar-refractivity contribution >= 4 is 44.6 Å². The van der Waals surface area contributed by atoms with Crippen molar-refractivity contribution in [2.75, 3.05) is 5.32 Å². The predicted octanol–water partition coefficient (Wildman–Crippen LogP) is 4.25. The molecule has 0 radical (unpaired) electrons. The van der Waals surface area contributed by atoms with Gasteiger partial charge in [0.15, 0.2) is 17.2 Å². The van der Waals surface area contributed by atoms with Gasteiger partial charge in [-0.3, -0.25) is 4.79 Å². The molecule has 1 N–H and O–H groups in total. The molecule has 5 aromatic heterocycles. The van der Waals surface area contributed by atoms with Crippen molar-refractivity contribution < 1.29 is 18.0 Å². The molecule has 0 unspecified atom stereocenters. The summed E-state index contributed by atoms with van der Waals surface area (Å²) in [5.41, 5.74) is -1.91. The Kier molecular flexibility index (Phi) is 5.42. The van der Waals surface area contributed by atoms with E-state index in [4.69, 9.17) is 11.6 Å². The molecule has 0 saturated carbocycles. The van der Waals surface area contributed by atoms with Crippen LogP contribution in [0, 0.1) is 11.3 Å². The maximum Gasteiger partial charge on any atom is 0.434 e. The standard InChI is InChI=1S/C20H9ClF3N9OS/c21-13-5-10(7-27-18(13)33-28-2-3-29-33)31-19(34)12-8-30-32(17(12)20(22,23)24)15-9-26-14(6-25)16-11(15)1-4-35-16/h1-5,7-9H,(H,31,34). The van der Waals surface area contributed by atoms with E-state index in [0.717, 1.165) is 28.5 Å². The molecule has 0 fully saturated rings. The summed E-state index contributed by atoms with van der Waals surface area (Å²) < 4.78 is 43.3. The molecule has 0 saturated heterocycles. The van der Waals surface area contributed by atoms with Gasteiger partial charge in [-0.25, -0.2) is 14.6 Å². The van der Waals surface area contributed by atoms with Crippen LogP contribution in [0.3, 0.4) is 0 Å². The first-order valence-corrected chi connectivity index (χ1v) is 10.8. The monoisotopic (exact) mass is 515 g/mol. The van der Waals surface area contributed by atoms with Crippen LogP contribution in [0.4, 0.5) is 18.9 Å². The average Bonchev–Trinajstić information content (AvgIpc) is 3.58. The molecule has 0 bridgehead atoms. The zero-order valence-electron chi connectivity index (χ0n) is 17.0. The second kappa shape index (κ2) is 8.46. The molecule has 5 rings (SSSR count). The molecule has 5 aromatic rings. The lowest BCUT2D eigenvalue weighted by Gasteiger charge is -2.14. The minimum absolute atomic E-state index is 0.0209. The maximum atomic E-state index is 14.1. The second-order valence-corrected chi connectivity index (χ2v) is 8.21. The van der Waals surface area contributed by atoms with E-state index in [-0.39, 0.29) is 27.9 Å². The van der Waals surface area contributed by atoms with Crippen molar-refractivity contribution in [3.8, 4) is 17.6 Å². The number of hydrogen-bond acceptors (Lipinski definition) is 8. The van der Waals surface area contributed by atoms with Crippen LogP contribution in [0.15, 0.2) is 48.5 Å². The van der Waals surface area contributed by atoms with Gasteiger partial charge in [-0.15, -0.1) is 16.1 Å². The number of halogens is 4. The molecule has 0 aromatic carbocycles. The number of thiophene rings is 1. The first-order valence-electron chi connectivity index (χ1n) is 9.53. The van der Waals surface area contributed by atoms with Crippen LogP contribution in [0.2, 0.25) is 5.02 Å². The highest BCUT2D eigenvalue weighted by molar-refractivity contribution is 7.17. The highest BCUT2D eigenvalue weighted by Crippen LogP contribution is 2.36. The maximum absolute atomic E-state index is 14.1. The number of fused-ring (bicyclic) bond motifs is 1. The van der Waals surface area contributed by atoms with Gasteiger partial charge < -0.3 is 5.32 Å². The third-order valence-corrected chi connectivity index (χ3v) is 5.98. The molecule has 10 nitrogen and oxygen atoms in total. The molecule has 0 aliphatic carbocycles. The Morgan fingerprint density at radius 1 is 1.14 bits per heavy atom. The molecule has 0 aliphatic heterocycles. The van der Waals surface area contributed by atoms with E-state index in [1.165, 1.54) is 24.7 Å². The van der Waals surface area contributed by atoms with Gasteiger partial charge in [-0.2, -0.15) is 33.7 Å². The normalized spacial score (nSPS) is 11.5. The van der Waals surface area contributed by atoms with Crippen LogP contribution in [-0.4, -0.2) is 40.6 Å². The van der Waals surface area contributed by atoms with Crippen LogP contribution >= 0.6 is 22.9 Å². The van der Waals surface area contributed by atoms with Crippen LogP contribution < -0.4 is 5.32 Å². The quantitative estimate of drug-likeness (QED) is 0.379. The number of rotatable bonds is 4. The van der Waals surface area contributed by atoms with E-state index in [9.17, 15) is 23.2 Å². The smallest absolute Gasteiger partial charge is 0.320 e. The van der Waals surface area contributed by atoms with Crippen molar-refractivity contribution in [1.29, 1.82) is 5.26 Å². The van der Waals surface area contributed by atoms with Gasteiger partial charge in [0.05, 0.1) is 57.6 Å². The number of nitrogens with one attached hydrogen (secondary N) is 1. The van der Waals surface area contributed by atoms with Gasteiger partial charge >= 0.3 is 6.18 Å². The Bertz CT molecular complexity index is 1620. The first kappa shape index (κ1) is 22.4. The Morgan fingerprint density at radius 2 is 1.91 bits per heavy atom. The van der Waals surface area contributed by atoms with E-state index in [1.807, 2.05) is 6.07 Å². The van der Waals surface area contributed by atoms with Crippen molar-refractivity contribution in [3.63, 3.8) is 0 Å². The van der Waals surface area contributed by atoms with Gasteiger partial charge in [0.2, 0.25) is 0 Å². The van der Waals surface area contributed by atoms with Gasteiger partial charge in [0, 0.05) is 5.39 Å². The van der Waals surface area contributed by atoms with Crippen LogP contribution in [-0.2, 0) is 6.18 Å². The molecule has 15 heteroatoms. The zero-order chi connectivity index (χ0) is 24.7. The van der Waals surface area contributed by atoms with Gasteiger partial charge in [0.25, 0.3) is 5.91 Å². The largest absolute Gasteiger partial charge is 0.434 e. The summed E-state index contributed by atoms with van der Waals surface area (Å²) in [7, 11) is 0. The summed E-state index contributed by atoms with van der Waals surface area (Å²) >= 11 is 7.33. The highest BCUT2D eigenvalue weighted by Gasteiger charge is 2.41. The Hall–Kier alpha value is -4.35. The average molecular weight is 516 g/mol. The van der Waals surface area contributed by atoms with E-state index < -0.39 is 23.3 Å². The highest BCUT2D eigenvalue weighted by atomic mass is 35.5. The van der Waals surface area contributed by atoms with Crippen molar-refractivity contribution in [1.82, 2.24) is 34.7 Å². The fourth-order valence-electron chi connectivity index (χ4n) is 3.34. The summed E-state index contributed by atoms with van der Waals surface area (Å²) in [6.45, 7) is 0. The molecule has 0 atom stereocenters. The second-order valence-electron chi connectivity index (χ2n) is 6.89. The number of carbonyl (C=O) groups excluding carboxylic acids is 1. The molecule has 0 spiro atoms. The summed E-state index contributed by atoms with van der Waals surface area (Å²) in [5.74, 6) is -0.902. The third-order valence-electron chi connectivity index (χ3n) is 4.78. The van der Waals surface area contributed by atoms with Gasteiger partial charge in [-0.05, 0) is 17.5 Å². The fourth-order valence-corrected chi connectivity index (χ4v) is 4.43. The molecular formula is C20H9ClF3N9OS. The lowest BCUT2D eigenvalue weighted by atomic mass is 10.2. The number of pyridine rings is 2. The molecular weight excluding hydrogens is 507 g/mol. The number of amides is 1. The number of anilines is 1. The van der Waals surface area contributed by atoms with Crippen molar-refractivity contribution in [3.05, 3.63) is 70.5 Å². The minimum atomic E-state index is -4.94. The summed E-state index contributed by atoms with van der Waals surface area (Å²) in [6.07, 6.45) is 1.02. The number of nitrogens with zero attached hydrogens (tertiary/aromatic N) is 8. The molecule has 35 heavy (non-hydrogen) atoms. The van der Waals surface area contributed by atoms with E-state index >= 15 is 0 Å². The molecule has 5 heterocycles. The van der Waals surface area contributed by atoms with Crippen molar-refractivity contribution in [2.45, 2.75) is 6.18 Å². The lowest BCUT2D eigenvalue weighted by Crippen LogP contribution is -2.21. The Morgan fingerprint density at radius 3 is 2.60 bits per heavy atom. The van der Waals surface area contributed by atoms with Crippen LogP contribution in [0.5, 0.6) is 0 Å². The van der Waals surface area contributed by atoms with Gasteiger partial charge in [0.1, 0.15) is 6.07 Å². The topological polar surface area (TPSA) is 127 Å². The molecule has 174 valence electrons. The fraction of sp³-hybridized carbons (Fsp3) is 0.0500. The Labute approximate surface area is 202 Å². The number of carbonyl (C=O) groups is 1. The van der Waals surface area contributed by atoms with Crippen LogP contribution in [0.25, 0.3) is 21.6 Å². The predicted molar refractivity (Wildman–Crippen MR) is 119 cm³/mol. The number of nitriles is 1. The van der Waals surface area contributed by atoms with Crippen molar-refractivity contribution in [2.24, 2.45) is 0 Å². The van der Waals surface area contributed by atoms with E-state index in [1.54, 1.807) is 11.4 Å². The minimum Gasteiger partial charge on any atom is -0.320 e. The SMILES string of the molecule is N#Cc1ncc(-n2ncc(C(=O)Nc3cnc(-n4nccn4)c(Cl)c3)c2C(F)(F)F)c2ccsc12. The molecule has 0 aliphatic rings. The van der Waals surface area contributed by atoms with Gasteiger partial charge in [-0.1, -0.05) is 11.6 Å².